The number of hydrogen-bond acceptors (Lipinski definition) is 13. The molecule has 0 aliphatic carbocycles. The monoisotopic (exact) mass is 1180 g/mol. The Kier molecular flexibility index (Phi) is 24.8. The van der Waals surface area contributed by atoms with E-state index in [4.69, 9.17) is 15.6 Å². The minimum Gasteiger partial charge on any atom is -0.475 e. The molecule has 0 spiro atoms. The van der Waals surface area contributed by atoms with E-state index in [0.29, 0.717) is 11.3 Å². The van der Waals surface area contributed by atoms with Crippen LogP contribution in [0.15, 0.2) is 97.5 Å². The molecular formula is C57H66F5N9O13. The topological polar surface area (TPSA) is 327 Å². The first-order valence-corrected chi connectivity index (χ1v) is 26.2. The maximum Gasteiger partial charge on any atom is 0.490 e. The van der Waals surface area contributed by atoms with E-state index in [9.17, 15) is 70.6 Å². The fraction of sp³-hybridized carbons (Fsp3) is 0.404. The molecule has 452 valence electrons. The normalized spacial score (nSPS) is 14.0. The third kappa shape index (κ3) is 20.8. The number of alkyl halides is 3. The SMILES string of the molecule is C[C@H](CC(=O)[C@H](C)NC(=O)Cc1ccncc1)C(=O)N[C@@H](CC(N)=O)C(=O)N[C@@H](CCN(C(=O)CO)[C@@H](c1cc(-c2cc(F)ccc2F)cn1Cc1ccccc1)C(C)(C)C)C(=O)NCCCC(=O)CN1C(=O)C=CC1=O.O=C(O)C(F)(F)F. The van der Waals surface area contributed by atoms with Crippen LogP contribution < -0.4 is 27.0 Å². The van der Waals surface area contributed by atoms with Gasteiger partial charge in [0.2, 0.25) is 35.4 Å². The average molecular weight is 1180 g/mol. The number of nitrogens with one attached hydrogen (secondary N) is 4. The summed E-state index contributed by atoms with van der Waals surface area (Å²) >= 11 is 0. The molecule has 1 aliphatic heterocycles. The highest BCUT2D eigenvalue weighted by Gasteiger charge is 2.40. The van der Waals surface area contributed by atoms with Gasteiger partial charge in [-0.15, -0.1) is 0 Å². The van der Waals surface area contributed by atoms with Crippen LogP contribution in [0.3, 0.4) is 0 Å². The highest BCUT2D eigenvalue weighted by Crippen LogP contribution is 2.41. The largest absolute Gasteiger partial charge is 0.490 e. The number of halogens is 5. The summed E-state index contributed by atoms with van der Waals surface area (Å²) < 4.78 is 63.5. The maximum absolute atomic E-state index is 15.4. The molecule has 1 aliphatic rings. The number of carboxylic acid groups (broad SMARTS) is 1. The van der Waals surface area contributed by atoms with Gasteiger partial charge < -0.3 is 46.7 Å². The van der Waals surface area contributed by atoms with E-state index in [1.807, 2.05) is 51.1 Å². The Morgan fingerprint density at radius 2 is 1.40 bits per heavy atom. The van der Waals surface area contributed by atoms with Crippen molar-refractivity contribution >= 4 is 64.8 Å². The number of carbonyl (C=O) groups is 11. The van der Waals surface area contributed by atoms with Gasteiger partial charge in [0, 0.05) is 86.0 Å². The number of hydrogen-bond donors (Lipinski definition) is 7. The van der Waals surface area contributed by atoms with Crippen LogP contribution in [-0.2, 0) is 65.7 Å². The van der Waals surface area contributed by atoms with E-state index >= 15 is 4.39 Å². The first-order valence-electron chi connectivity index (χ1n) is 26.2. The number of carboxylic acids is 1. The molecular weight excluding hydrogens is 1110 g/mol. The summed E-state index contributed by atoms with van der Waals surface area (Å²) in [5.41, 5.74) is 6.77. The number of ketones is 2. The van der Waals surface area contributed by atoms with Gasteiger partial charge in [-0.25, -0.2) is 13.6 Å². The molecule has 5 atom stereocenters. The van der Waals surface area contributed by atoms with Gasteiger partial charge in [0.15, 0.2) is 11.6 Å². The molecule has 3 heterocycles. The van der Waals surface area contributed by atoms with Crippen molar-refractivity contribution in [2.45, 2.75) is 110 Å². The number of aliphatic hydroxyl groups excluding tert-OH is 1. The van der Waals surface area contributed by atoms with Crippen molar-refractivity contribution in [3.63, 3.8) is 0 Å². The number of benzene rings is 2. The molecule has 8 N–H and O–H groups in total. The maximum atomic E-state index is 15.4. The summed E-state index contributed by atoms with van der Waals surface area (Å²) in [6, 6.07) is 11.9. The number of nitrogens with two attached hydrogens (primary N) is 1. The summed E-state index contributed by atoms with van der Waals surface area (Å²) in [4.78, 5) is 146. The molecule has 0 saturated carbocycles. The molecule has 2 aromatic carbocycles. The number of nitrogens with zero attached hydrogens (tertiary/aromatic N) is 4. The molecule has 0 saturated heterocycles. The predicted molar refractivity (Wildman–Crippen MR) is 290 cm³/mol. The Morgan fingerprint density at radius 1 is 0.786 bits per heavy atom. The molecule has 0 unspecified atom stereocenters. The van der Waals surface area contributed by atoms with Gasteiger partial charge in [0.1, 0.15) is 30.3 Å². The van der Waals surface area contributed by atoms with Crippen LogP contribution in [0, 0.1) is 23.0 Å². The number of Topliss-reactive ketones (excluding diaryl/α,β-unsaturated/α-hetero) is 2. The van der Waals surface area contributed by atoms with E-state index in [0.717, 1.165) is 40.8 Å². The Labute approximate surface area is 479 Å². The summed E-state index contributed by atoms with van der Waals surface area (Å²) in [6.45, 7) is 6.46. The Balaban J connectivity index is 0.00000203. The number of aromatic nitrogens is 2. The third-order valence-corrected chi connectivity index (χ3v) is 12.9. The molecule has 4 aromatic rings. The summed E-state index contributed by atoms with van der Waals surface area (Å²) in [5.74, 6) is -12.6. The van der Waals surface area contributed by atoms with Crippen molar-refractivity contribution in [3.8, 4) is 11.1 Å². The number of primary amides is 1. The van der Waals surface area contributed by atoms with E-state index in [1.165, 1.54) is 31.1 Å². The predicted octanol–water partition coefficient (Wildman–Crippen LogP) is 3.39. The summed E-state index contributed by atoms with van der Waals surface area (Å²) in [5, 5.41) is 27.8. The van der Waals surface area contributed by atoms with Crippen LogP contribution in [0.2, 0.25) is 0 Å². The molecule has 8 amide bonds. The Morgan fingerprint density at radius 3 is 1.99 bits per heavy atom. The second-order valence-corrected chi connectivity index (χ2v) is 20.7. The quantitative estimate of drug-likeness (QED) is 0.0244. The molecule has 5 rings (SSSR count). The highest BCUT2D eigenvalue weighted by atomic mass is 19.4. The van der Waals surface area contributed by atoms with Crippen molar-refractivity contribution in [1.29, 1.82) is 0 Å². The van der Waals surface area contributed by atoms with Crippen molar-refractivity contribution in [2.24, 2.45) is 17.1 Å². The van der Waals surface area contributed by atoms with Crippen LogP contribution in [0.5, 0.6) is 0 Å². The summed E-state index contributed by atoms with van der Waals surface area (Å²) in [7, 11) is 0. The lowest BCUT2D eigenvalue weighted by atomic mass is 9.82. The second-order valence-electron chi connectivity index (χ2n) is 20.7. The van der Waals surface area contributed by atoms with Crippen LogP contribution in [-0.4, -0.2) is 145 Å². The lowest BCUT2D eigenvalue weighted by Gasteiger charge is -2.41. The minimum absolute atomic E-state index is 0.0206. The van der Waals surface area contributed by atoms with Crippen molar-refractivity contribution in [1.82, 2.24) is 40.6 Å². The highest BCUT2D eigenvalue weighted by molar-refractivity contribution is 6.14. The zero-order chi connectivity index (χ0) is 62.6. The number of pyridine rings is 1. The van der Waals surface area contributed by atoms with Gasteiger partial charge in [0.05, 0.1) is 31.5 Å². The van der Waals surface area contributed by atoms with Crippen LogP contribution >= 0.6 is 0 Å². The molecule has 0 radical (unpaired) electrons. The van der Waals surface area contributed by atoms with Crippen molar-refractivity contribution in [3.05, 3.63) is 126 Å². The van der Waals surface area contributed by atoms with Gasteiger partial charge in [-0.3, -0.25) is 57.8 Å². The zero-order valence-corrected chi connectivity index (χ0v) is 46.5. The first kappa shape index (κ1) is 67.5. The van der Waals surface area contributed by atoms with Crippen LogP contribution in [0.1, 0.15) is 89.6 Å². The number of aliphatic carboxylic acids is 1. The van der Waals surface area contributed by atoms with E-state index in [2.05, 4.69) is 26.3 Å². The lowest BCUT2D eigenvalue weighted by molar-refractivity contribution is -0.192. The van der Waals surface area contributed by atoms with Gasteiger partial charge in [-0.05, 0) is 72.7 Å². The fourth-order valence-corrected chi connectivity index (χ4v) is 8.73. The van der Waals surface area contributed by atoms with Crippen LogP contribution in [0.4, 0.5) is 22.0 Å². The standard InChI is InChI=1S/C55H65F2N9O11.C2HF3O2/c1-33(24-45(69)34(2)61-47(71)25-35-17-21-59-22-18-35)52(75)63-43(28-46(58)70)54(77)62-42(53(76)60-20-9-12-39(68)31-66-48(72)15-16-49(66)73)19-23-65(50(74)32-67)51(55(3,4)5)44-26-37(40-27-38(56)13-14-41(40)57)30-64(44)29-36-10-7-6-8-11-36;3-2(4,5)1(6)7/h6-8,10-11,13-18,21-22,26-27,30,33-34,42-43,51,67H,9,12,19-20,23-25,28-29,31-32H2,1-5H3,(H2,58,70)(H,60,76)(H,61,71)(H,62,77)(H,63,75);(H,6,7)/t33-,34+,42+,43+,51+;/m1./s1. The molecule has 0 bridgehead atoms. The number of aliphatic hydroxyl groups is 1. The van der Waals surface area contributed by atoms with Gasteiger partial charge in [-0.1, -0.05) is 58.0 Å². The van der Waals surface area contributed by atoms with Gasteiger partial charge in [-0.2, -0.15) is 13.2 Å². The van der Waals surface area contributed by atoms with E-state index in [-0.39, 0.29) is 62.9 Å². The van der Waals surface area contributed by atoms with E-state index in [1.54, 1.807) is 29.0 Å². The summed E-state index contributed by atoms with van der Waals surface area (Å²) in [6.07, 6.45) is -0.0664. The lowest BCUT2D eigenvalue weighted by Crippen LogP contribution is -2.56. The molecule has 2 aromatic heterocycles. The Hall–Kier alpha value is -9.01. The van der Waals surface area contributed by atoms with Crippen LogP contribution in [0.25, 0.3) is 11.1 Å². The number of amides is 8. The molecule has 84 heavy (non-hydrogen) atoms. The number of rotatable bonds is 28. The first-order chi connectivity index (χ1) is 39.4. The molecule has 22 nitrogen and oxygen atoms in total. The zero-order valence-electron chi connectivity index (χ0n) is 46.5. The number of imide groups is 1. The minimum atomic E-state index is -5.08. The molecule has 27 heteroatoms. The second kappa shape index (κ2) is 30.9. The van der Waals surface area contributed by atoms with Gasteiger partial charge >= 0.3 is 12.1 Å². The third-order valence-electron chi connectivity index (χ3n) is 12.9. The number of carbonyl (C=O) groups excluding carboxylic acids is 10. The smallest absolute Gasteiger partial charge is 0.475 e. The van der Waals surface area contributed by atoms with Gasteiger partial charge in [0.25, 0.3) is 11.8 Å². The Bertz CT molecular complexity index is 3060. The fourth-order valence-electron chi connectivity index (χ4n) is 8.73. The van der Waals surface area contributed by atoms with E-state index < -0.39 is 138 Å². The van der Waals surface area contributed by atoms with Crippen molar-refractivity contribution in [2.75, 3.05) is 26.2 Å². The van der Waals surface area contributed by atoms with Crippen molar-refractivity contribution < 1.29 is 84.9 Å². The average Bonchev–Trinajstić information content (AvgIpc) is 4.21. The molecule has 0 fully saturated rings.